The van der Waals surface area contributed by atoms with Crippen LogP contribution in [-0.2, 0) is 0 Å². The molecule has 0 spiro atoms. The van der Waals surface area contributed by atoms with Crippen molar-refractivity contribution in [3.63, 3.8) is 0 Å². The van der Waals surface area contributed by atoms with Crippen molar-refractivity contribution in [2.75, 3.05) is 13.1 Å². The van der Waals surface area contributed by atoms with E-state index in [1.54, 1.807) is 0 Å². The molecule has 1 rings (SSSR count). The number of rotatable bonds is 7. The average Bonchev–Trinajstić information content (AvgIpc) is 2.80. The Kier molecular flexibility index (Phi) is 4.90. The van der Waals surface area contributed by atoms with Crippen LogP contribution in [0.5, 0.6) is 0 Å². The van der Waals surface area contributed by atoms with Crippen molar-refractivity contribution in [3.8, 4) is 0 Å². The predicted molar refractivity (Wildman–Crippen MR) is 62.5 cm³/mol. The van der Waals surface area contributed by atoms with Gasteiger partial charge in [0.15, 0.2) is 0 Å². The maximum atomic E-state index is 3.52. The summed E-state index contributed by atoms with van der Waals surface area (Å²) in [6, 6.07) is 1.34. The minimum absolute atomic E-state index is 0.641. The van der Waals surface area contributed by atoms with E-state index in [0.29, 0.717) is 12.1 Å². The molecule has 1 aliphatic carbocycles. The van der Waals surface area contributed by atoms with Crippen LogP contribution in [0.3, 0.4) is 0 Å². The van der Waals surface area contributed by atoms with Crippen molar-refractivity contribution in [2.24, 2.45) is 11.8 Å². The van der Waals surface area contributed by atoms with Crippen LogP contribution in [0.25, 0.3) is 0 Å². The van der Waals surface area contributed by atoms with Gasteiger partial charge in [0.05, 0.1) is 0 Å². The lowest BCUT2D eigenvalue weighted by Gasteiger charge is -2.12. The third-order valence-electron chi connectivity index (χ3n) is 3.07. The summed E-state index contributed by atoms with van der Waals surface area (Å²) in [5.74, 6) is 1.94. The maximum absolute atomic E-state index is 3.52. The van der Waals surface area contributed by atoms with Gasteiger partial charge in [-0.2, -0.15) is 0 Å². The normalized spacial score (nSPS) is 28.1. The topological polar surface area (TPSA) is 24.1 Å². The van der Waals surface area contributed by atoms with Gasteiger partial charge in [0.1, 0.15) is 0 Å². The van der Waals surface area contributed by atoms with Crippen LogP contribution in [0, 0.1) is 11.8 Å². The molecule has 2 unspecified atom stereocenters. The van der Waals surface area contributed by atoms with Gasteiger partial charge in [-0.3, -0.25) is 0 Å². The van der Waals surface area contributed by atoms with E-state index in [9.17, 15) is 0 Å². The Labute approximate surface area is 88.8 Å². The lowest BCUT2D eigenvalue weighted by molar-refractivity contribution is 0.468. The monoisotopic (exact) mass is 198 g/mol. The summed E-state index contributed by atoms with van der Waals surface area (Å²) < 4.78 is 0. The molecule has 0 amide bonds. The molecule has 14 heavy (non-hydrogen) atoms. The zero-order chi connectivity index (χ0) is 10.6. The van der Waals surface area contributed by atoms with Gasteiger partial charge in [0, 0.05) is 12.1 Å². The quantitative estimate of drug-likeness (QED) is 0.654. The van der Waals surface area contributed by atoms with Gasteiger partial charge in [-0.1, -0.05) is 20.8 Å². The molecule has 2 heteroatoms. The van der Waals surface area contributed by atoms with Gasteiger partial charge in [-0.25, -0.2) is 0 Å². The molecule has 1 aliphatic rings. The highest BCUT2D eigenvalue weighted by molar-refractivity contribution is 4.90. The first-order chi connectivity index (χ1) is 6.63. The van der Waals surface area contributed by atoms with Gasteiger partial charge in [-0.15, -0.1) is 0 Å². The third-order valence-corrected chi connectivity index (χ3v) is 3.07. The van der Waals surface area contributed by atoms with Gasteiger partial charge in [0.25, 0.3) is 0 Å². The Bertz CT molecular complexity index is 156. The lowest BCUT2D eigenvalue weighted by Crippen LogP contribution is -2.28. The minimum Gasteiger partial charge on any atom is -0.315 e. The maximum Gasteiger partial charge on any atom is 0.00413 e. The molecule has 2 N–H and O–H groups in total. The van der Waals surface area contributed by atoms with Crippen LogP contribution in [0.1, 0.15) is 40.5 Å². The molecule has 0 aromatic heterocycles. The fourth-order valence-corrected chi connectivity index (χ4v) is 2.12. The molecule has 0 saturated heterocycles. The number of hydrogen-bond acceptors (Lipinski definition) is 2. The molecule has 1 saturated carbocycles. The minimum atomic E-state index is 0.641. The first-order valence-corrected chi connectivity index (χ1v) is 6.10. The molecule has 3 atom stereocenters. The van der Waals surface area contributed by atoms with Gasteiger partial charge in [0.2, 0.25) is 0 Å². The Morgan fingerprint density at radius 2 is 1.86 bits per heavy atom. The summed E-state index contributed by atoms with van der Waals surface area (Å²) in [5, 5.41) is 7.00. The standard InChI is InChI=1S/C12H26N2/c1-5-13-10(4)6-11-7-12(11)8-14-9(2)3/h9-14H,5-8H2,1-4H3/t10-,11?,12?/m1/s1. The van der Waals surface area contributed by atoms with Crippen molar-refractivity contribution < 1.29 is 0 Å². The largest absolute Gasteiger partial charge is 0.315 e. The van der Waals surface area contributed by atoms with Crippen LogP contribution < -0.4 is 10.6 Å². The van der Waals surface area contributed by atoms with Crippen molar-refractivity contribution in [1.29, 1.82) is 0 Å². The fraction of sp³-hybridized carbons (Fsp3) is 1.00. The molecule has 0 bridgehead atoms. The molecular weight excluding hydrogens is 172 g/mol. The van der Waals surface area contributed by atoms with E-state index in [-0.39, 0.29) is 0 Å². The summed E-state index contributed by atoms with van der Waals surface area (Å²) in [7, 11) is 0. The molecule has 84 valence electrons. The van der Waals surface area contributed by atoms with Crippen molar-refractivity contribution in [2.45, 2.75) is 52.6 Å². The molecule has 0 aromatic rings. The molecule has 0 aromatic carbocycles. The Morgan fingerprint density at radius 3 is 2.43 bits per heavy atom. The van der Waals surface area contributed by atoms with Crippen LogP contribution in [-0.4, -0.2) is 25.2 Å². The summed E-state index contributed by atoms with van der Waals surface area (Å²) in [6.45, 7) is 11.2. The summed E-state index contributed by atoms with van der Waals surface area (Å²) in [6.07, 6.45) is 2.80. The van der Waals surface area contributed by atoms with E-state index in [4.69, 9.17) is 0 Å². The van der Waals surface area contributed by atoms with E-state index >= 15 is 0 Å². The van der Waals surface area contributed by atoms with E-state index in [2.05, 4.69) is 38.3 Å². The molecular formula is C12H26N2. The van der Waals surface area contributed by atoms with Crippen LogP contribution in [0.4, 0.5) is 0 Å². The number of nitrogens with one attached hydrogen (secondary N) is 2. The average molecular weight is 198 g/mol. The Hall–Kier alpha value is -0.0800. The van der Waals surface area contributed by atoms with E-state index in [1.807, 2.05) is 0 Å². The van der Waals surface area contributed by atoms with Gasteiger partial charge >= 0.3 is 0 Å². The summed E-state index contributed by atoms with van der Waals surface area (Å²) in [4.78, 5) is 0. The molecule has 0 radical (unpaired) electrons. The highest BCUT2D eigenvalue weighted by atomic mass is 14.9. The van der Waals surface area contributed by atoms with Crippen LogP contribution in [0.15, 0.2) is 0 Å². The zero-order valence-corrected chi connectivity index (χ0v) is 10.1. The molecule has 0 aliphatic heterocycles. The summed E-state index contributed by atoms with van der Waals surface area (Å²) >= 11 is 0. The highest BCUT2D eigenvalue weighted by Crippen LogP contribution is 2.41. The van der Waals surface area contributed by atoms with Gasteiger partial charge in [-0.05, 0) is 44.7 Å². The van der Waals surface area contributed by atoms with E-state index < -0.39 is 0 Å². The number of hydrogen-bond donors (Lipinski definition) is 2. The second-order valence-electron chi connectivity index (χ2n) is 5.01. The Balaban J connectivity index is 2.02. The second kappa shape index (κ2) is 5.72. The summed E-state index contributed by atoms with van der Waals surface area (Å²) in [5.41, 5.74) is 0. The van der Waals surface area contributed by atoms with Crippen LogP contribution in [0.2, 0.25) is 0 Å². The van der Waals surface area contributed by atoms with Gasteiger partial charge < -0.3 is 10.6 Å². The predicted octanol–water partition coefficient (Wildman–Crippen LogP) is 2.01. The fourth-order valence-electron chi connectivity index (χ4n) is 2.12. The SMILES string of the molecule is CCN[C@H](C)CC1CC1CNC(C)C. The van der Waals surface area contributed by atoms with Crippen molar-refractivity contribution in [3.05, 3.63) is 0 Å². The second-order valence-corrected chi connectivity index (χ2v) is 5.01. The highest BCUT2D eigenvalue weighted by Gasteiger charge is 2.36. The molecule has 1 fully saturated rings. The molecule has 2 nitrogen and oxygen atoms in total. The van der Waals surface area contributed by atoms with Crippen molar-refractivity contribution in [1.82, 2.24) is 10.6 Å². The van der Waals surface area contributed by atoms with E-state index in [0.717, 1.165) is 18.4 Å². The molecule has 0 heterocycles. The zero-order valence-electron chi connectivity index (χ0n) is 10.1. The first-order valence-electron chi connectivity index (χ1n) is 6.10. The third kappa shape index (κ3) is 4.43. The lowest BCUT2D eigenvalue weighted by atomic mass is 10.1. The smallest absolute Gasteiger partial charge is 0.00413 e. The van der Waals surface area contributed by atoms with E-state index in [1.165, 1.54) is 19.4 Å². The van der Waals surface area contributed by atoms with Crippen molar-refractivity contribution >= 4 is 0 Å². The van der Waals surface area contributed by atoms with Crippen LogP contribution >= 0.6 is 0 Å². The first kappa shape index (κ1) is 12.0. The Morgan fingerprint density at radius 1 is 1.14 bits per heavy atom.